The molecule has 2 aromatic rings. The van der Waals surface area contributed by atoms with Crippen LogP contribution in [0.3, 0.4) is 0 Å². The lowest BCUT2D eigenvalue weighted by Gasteiger charge is -2.26. The molecule has 0 spiro atoms. The van der Waals surface area contributed by atoms with Gasteiger partial charge in [0, 0.05) is 31.0 Å². The van der Waals surface area contributed by atoms with Crippen molar-refractivity contribution in [2.24, 2.45) is 0 Å². The summed E-state index contributed by atoms with van der Waals surface area (Å²) in [4.78, 5) is 14.9. The summed E-state index contributed by atoms with van der Waals surface area (Å²) < 4.78 is 48.6. The first-order valence-corrected chi connectivity index (χ1v) is 12.6. The van der Waals surface area contributed by atoms with E-state index in [4.69, 9.17) is 4.74 Å². The summed E-state index contributed by atoms with van der Waals surface area (Å²) in [7, 11) is -3.73. The van der Waals surface area contributed by atoms with E-state index in [0.717, 1.165) is 0 Å². The molecule has 1 aromatic carbocycles. The molecule has 2 saturated heterocycles. The molecule has 0 saturated carbocycles. The zero-order chi connectivity index (χ0) is 22.2. The molecule has 1 aromatic heterocycles. The van der Waals surface area contributed by atoms with Crippen LogP contribution in [0.25, 0.3) is 0 Å². The fourth-order valence-corrected chi connectivity index (χ4v) is 7.08. The van der Waals surface area contributed by atoms with Gasteiger partial charge >= 0.3 is 0 Å². The van der Waals surface area contributed by atoms with Crippen molar-refractivity contribution in [3.05, 3.63) is 47.0 Å². The van der Waals surface area contributed by atoms with Gasteiger partial charge in [-0.25, -0.2) is 12.8 Å². The topological polar surface area (TPSA) is 84.7 Å². The van der Waals surface area contributed by atoms with Crippen molar-refractivity contribution in [2.75, 3.05) is 38.6 Å². The highest BCUT2D eigenvalue weighted by Gasteiger charge is 2.35. The zero-order valence-electron chi connectivity index (χ0n) is 17.5. The molecule has 0 N–H and O–H groups in total. The minimum absolute atomic E-state index is 0.100. The van der Waals surface area contributed by atoms with Crippen molar-refractivity contribution >= 4 is 27.7 Å². The minimum Gasteiger partial charge on any atom is -0.379 e. The average Bonchev–Trinajstić information content (AvgIpc) is 3.34. The molecule has 0 aliphatic carbocycles. The minimum atomic E-state index is -3.73. The molecule has 0 bridgehead atoms. The number of morpholine rings is 1. The number of ether oxygens (including phenoxy) is 1. The van der Waals surface area contributed by atoms with Crippen molar-refractivity contribution < 1.29 is 22.3 Å². The molecule has 4 rings (SSSR count). The number of aryl methyl sites for hydroxylation is 1. The molecule has 0 radical (unpaired) electrons. The van der Waals surface area contributed by atoms with E-state index in [2.05, 4.69) is 5.10 Å². The van der Waals surface area contributed by atoms with E-state index in [-0.39, 0.29) is 23.2 Å². The van der Waals surface area contributed by atoms with Crippen LogP contribution in [0.5, 0.6) is 0 Å². The lowest BCUT2D eigenvalue weighted by atomic mass is 10.2. The molecule has 11 heteroatoms. The number of carbonyl (C=O) groups excluding carboxylic acids is 1. The van der Waals surface area contributed by atoms with Crippen LogP contribution in [-0.4, -0.2) is 71.9 Å². The maximum Gasteiger partial charge on any atom is 0.246 e. The Kier molecular flexibility index (Phi) is 6.38. The first kappa shape index (κ1) is 22.3. The molecule has 2 aliphatic heterocycles. The summed E-state index contributed by atoms with van der Waals surface area (Å²) in [6, 6.07) is 6.45. The molecule has 2 fully saturated rings. The SMILES string of the molecule is Cc1nn(CC(=O)N2CCS[C@@H]2c2ccccc2F)c(C)c1S(=O)(=O)N1CCOCC1. The monoisotopic (exact) mass is 468 g/mol. The van der Waals surface area contributed by atoms with E-state index >= 15 is 0 Å². The second kappa shape index (κ2) is 8.89. The first-order chi connectivity index (χ1) is 14.8. The largest absolute Gasteiger partial charge is 0.379 e. The van der Waals surface area contributed by atoms with Crippen molar-refractivity contribution in [2.45, 2.75) is 30.7 Å². The van der Waals surface area contributed by atoms with Crippen LogP contribution in [0, 0.1) is 19.7 Å². The van der Waals surface area contributed by atoms with Gasteiger partial charge in [-0.2, -0.15) is 9.40 Å². The van der Waals surface area contributed by atoms with Gasteiger partial charge in [0.05, 0.1) is 24.6 Å². The highest BCUT2D eigenvalue weighted by Crippen LogP contribution is 2.39. The normalized spacial score (nSPS) is 20.4. The Morgan fingerprint density at radius 3 is 2.65 bits per heavy atom. The summed E-state index contributed by atoms with van der Waals surface area (Å²) in [6.45, 7) is 4.99. The molecule has 1 atom stereocenters. The fourth-order valence-electron chi connectivity index (χ4n) is 4.00. The van der Waals surface area contributed by atoms with Crippen molar-refractivity contribution in [3.63, 3.8) is 0 Å². The maximum absolute atomic E-state index is 14.3. The van der Waals surface area contributed by atoms with Crippen molar-refractivity contribution in [3.8, 4) is 0 Å². The Morgan fingerprint density at radius 1 is 1.23 bits per heavy atom. The van der Waals surface area contributed by atoms with Gasteiger partial charge in [0.25, 0.3) is 0 Å². The number of hydrogen-bond acceptors (Lipinski definition) is 6. The number of halogens is 1. The number of carbonyl (C=O) groups is 1. The third-order valence-electron chi connectivity index (χ3n) is 5.55. The van der Waals surface area contributed by atoms with Gasteiger partial charge in [0.15, 0.2) is 0 Å². The predicted molar refractivity (Wildman–Crippen MR) is 115 cm³/mol. The quantitative estimate of drug-likeness (QED) is 0.667. The van der Waals surface area contributed by atoms with Crippen molar-refractivity contribution in [1.82, 2.24) is 19.0 Å². The molecular weight excluding hydrogens is 443 g/mol. The van der Waals surface area contributed by atoms with Gasteiger partial charge in [0.2, 0.25) is 15.9 Å². The summed E-state index contributed by atoms with van der Waals surface area (Å²) in [6.07, 6.45) is 0. The number of amides is 1. The van der Waals surface area contributed by atoms with Crippen LogP contribution < -0.4 is 0 Å². The second-order valence-electron chi connectivity index (χ2n) is 7.51. The van der Waals surface area contributed by atoms with E-state index in [1.807, 2.05) is 0 Å². The molecule has 0 unspecified atom stereocenters. The number of nitrogens with zero attached hydrogens (tertiary/aromatic N) is 4. The standard InChI is InChI=1S/C20H25FN4O4S2/c1-14-19(31(27,28)23-7-10-29-11-8-23)15(2)25(22-14)13-18(26)24-9-12-30-20(24)16-5-3-4-6-17(16)21/h3-6,20H,7-13H2,1-2H3/t20-/m1/s1. The lowest BCUT2D eigenvalue weighted by Crippen LogP contribution is -2.41. The molecule has 168 valence electrons. The summed E-state index contributed by atoms with van der Waals surface area (Å²) in [5.74, 6) is 0.141. The number of benzene rings is 1. The average molecular weight is 469 g/mol. The first-order valence-electron chi connectivity index (χ1n) is 10.1. The van der Waals surface area contributed by atoms with E-state index in [1.165, 1.54) is 26.8 Å². The summed E-state index contributed by atoms with van der Waals surface area (Å²) in [5.41, 5.74) is 1.26. The number of hydrogen-bond donors (Lipinski definition) is 0. The molecule has 31 heavy (non-hydrogen) atoms. The van der Waals surface area contributed by atoms with Gasteiger partial charge in [-0.1, -0.05) is 18.2 Å². The van der Waals surface area contributed by atoms with Gasteiger partial charge in [-0.15, -0.1) is 11.8 Å². The smallest absolute Gasteiger partial charge is 0.246 e. The van der Waals surface area contributed by atoms with Gasteiger partial charge in [-0.05, 0) is 19.9 Å². The summed E-state index contributed by atoms with van der Waals surface area (Å²) in [5, 5.41) is 3.95. The van der Waals surface area contributed by atoms with E-state index in [9.17, 15) is 17.6 Å². The highest BCUT2D eigenvalue weighted by molar-refractivity contribution is 7.99. The van der Waals surface area contributed by atoms with Crippen molar-refractivity contribution in [1.29, 1.82) is 0 Å². The van der Waals surface area contributed by atoms with Crippen LogP contribution in [0.15, 0.2) is 29.2 Å². The second-order valence-corrected chi connectivity index (χ2v) is 10.6. The Labute approximate surface area is 185 Å². The lowest BCUT2D eigenvalue weighted by molar-refractivity contribution is -0.132. The molecule has 1 amide bonds. The van der Waals surface area contributed by atoms with Crippen LogP contribution in [-0.2, 0) is 26.1 Å². The highest BCUT2D eigenvalue weighted by atomic mass is 32.2. The third kappa shape index (κ3) is 4.23. The number of aromatic nitrogens is 2. The number of sulfonamides is 1. The number of rotatable bonds is 5. The van der Waals surface area contributed by atoms with E-state index in [1.54, 1.807) is 36.9 Å². The van der Waals surface area contributed by atoms with E-state index < -0.39 is 15.4 Å². The Hall–Kier alpha value is -1.95. The number of thioether (sulfide) groups is 1. The molecule has 3 heterocycles. The van der Waals surface area contributed by atoms with E-state index in [0.29, 0.717) is 55.6 Å². The Morgan fingerprint density at radius 2 is 1.94 bits per heavy atom. The predicted octanol–water partition coefficient (Wildman–Crippen LogP) is 1.93. The fraction of sp³-hybridized carbons (Fsp3) is 0.500. The van der Waals surface area contributed by atoms with Gasteiger partial charge in [-0.3, -0.25) is 9.48 Å². The van der Waals surface area contributed by atoms with Gasteiger partial charge < -0.3 is 9.64 Å². The zero-order valence-corrected chi connectivity index (χ0v) is 19.1. The Bertz CT molecular complexity index is 1080. The Balaban J connectivity index is 1.57. The summed E-state index contributed by atoms with van der Waals surface area (Å²) >= 11 is 1.51. The molecule has 2 aliphatic rings. The van der Waals surface area contributed by atoms with Crippen LogP contribution in [0.2, 0.25) is 0 Å². The van der Waals surface area contributed by atoms with Gasteiger partial charge in [0.1, 0.15) is 22.6 Å². The van der Waals surface area contributed by atoms with Crippen LogP contribution in [0.4, 0.5) is 4.39 Å². The van der Waals surface area contributed by atoms with Crippen LogP contribution >= 0.6 is 11.8 Å². The third-order valence-corrected chi connectivity index (χ3v) is 8.94. The molecular formula is C20H25FN4O4S2. The maximum atomic E-state index is 14.3. The molecule has 8 nitrogen and oxygen atoms in total. The van der Waals surface area contributed by atoms with Crippen LogP contribution in [0.1, 0.15) is 22.3 Å².